The maximum Gasteiger partial charge on any atom is 0.434 e. The van der Waals surface area contributed by atoms with Gasteiger partial charge in [-0.3, -0.25) is 9.69 Å². The Morgan fingerprint density at radius 2 is 1.74 bits per heavy atom. The summed E-state index contributed by atoms with van der Waals surface area (Å²) < 4.78 is 46.5. The second kappa shape index (κ2) is 10.3. The molecule has 0 bridgehead atoms. The zero-order chi connectivity index (χ0) is 25.0. The number of ether oxygens (including phenoxy) is 1. The Morgan fingerprint density at radius 1 is 1.06 bits per heavy atom. The molecule has 1 amide bonds. The number of amides is 1. The number of esters is 1. The van der Waals surface area contributed by atoms with Gasteiger partial charge in [-0.05, 0) is 68.8 Å². The van der Waals surface area contributed by atoms with Crippen molar-refractivity contribution in [2.75, 3.05) is 25.0 Å². The van der Waals surface area contributed by atoms with Crippen molar-refractivity contribution < 1.29 is 27.5 Å². The van der Waals surface area contributed by atoms with Crippen LogP contribution in [0.5, 0.6) is 0 Å². The third-order valence-corrected chi connectivity index (χ3v) is 5.77. The summed E-state index contributed by atoms with van der Waals surface area (Å²) in [6.45, 7) is 4.22. The van der Waals surface area contributed by atoms with Gasteiger partial charge < -0.3 is 10.1 Å². The van der Waals surface area contributed by atoms with Gasteiger partial charge in [-0.25, -0.2) is 9.48 Å². The minimum Gasteiger partial charge on any atom is -0.462 e. The maximum absolute atomic E-state index is 13.7. The van der Waals surface area contributed by atoms with Crippen molar-refractivity contribution in [1.82, 2.24) is 14.7 Å². The van der Waals surface area contributed by atoms with E-state index in [0.717, 1.165) is 44.2 Å². The second-order valence-electron chi connectivity index (χ2n) is 8.18. The molecule has 3 aromatic rings. The van der Waals surface area contributed by atoms with Gasteiger partial charge in [0.15, 0.2) is 5.69 Å². The van der Waals surface area contributed by atoms with Crippen LogP contribution in [0.1, 0.15) is 51.7 Å². The third kappa shape index (κ3) is 5.54. The van der Waals surface area contributed by atoms with E-state index in [-0.39, 0.29) is 23.8 Å². The summed E-state index contributed by atoms with van der Waals surface area (Å²) in [5, 5.41) is 6.65. The lowest BCUT2D eigenvalue weighted by molar-refractivity contribution is -0.143. The van der Waals surface area contributed by atoms with Crippen LogP contribution in [-0.4, -0.2) is 46.3 Å². The van der Waals surface area contributed by atoms with E-state index in [4.69, 9.17) is 4.74 Å². The quantitative estimate of drug-likeness (QED) is 0.480. The highest BCUT2D eigenvalue weighted by Crippen LogP contribution is 2.34. The number of nitrogens with zero attached hydrogens (tertiary/aromatic N) is 3. The normalized spacial score (nSPS) is 14.2. The highest BCUT2D eigenvalue weighted by molar-refractivity contribution is 6.04. The average Bonchev–Trinajstić information content (AvgIpc) is 3.50. The molecular formula is C25H25F3N4O3. The first kappa shape index (κ1) is 24.5. The first-order valence-electron chi connectivity index (χ1n) is 11.3. The first-order valence-corrected chi connectivity index (χ1v) is 11.3. The Hall–Kier alpha value is -3.66. The van der Waals surface area contributed by atoms with E-state index in [1.165, 1.54) is 31.2 Å². The fourth-order valence-electron chi connectivity index (χ4n) is 4.09. The zero-order valence-electron chi connectivity index (χ0n) is 19.1. The minimum absolute atomic E-state index is 0.0545. The number of carbonyl (C=O) groups excluding carboxylic acids is 2. The highest BCUT2D eigenvalue weighted by atomic mass is 19.4. The van der Waals surface area contributed by atoms with Gasteiger partial charge >= 0.3 is 12.1 Å². The summed E-state index contributed by atoms with van der Waals surface area (Å²) in [5.41, 5.74) is 0.117. The van der Waals surface area contributed by atoms with Gasteiger partial charge in [-0.1, -0.05) is 18.2 Å². The van der Waals surface area contributed by atoms with Crippen molar-refractivity contribution in [2.45, 2.75) is 32.5 Å². The highest BCUT2D eigenvalue weighted by Gasteiger charge is 2.41. The standard InChI is InChI=1S/C25H25F3N4O3/c1-2-35-24(34)20-15-29-32(22(20)25(26,27)28)19-11-9-17(10-12-19)23(33)30-21-8-4-3-7-18(21)16-31-13-5-6-14-31/h3-4,7-12,15H,2,5-6,13-14,16H2,1H3,(H,30,33). The third-order valence-electron chi connectivity index (χ3n) is 5.77. The lowest BCUT2D eigenvalue weighted by Crippen LogP contribution is -2.20. The molecule has 2 aromatic carbocycles. The summed E-state index contributed by atoms with van der Waals surface area (Å²) >= 11 is 0. The molecule has 1 fully saturated rings. The van der Waals surface area contributed by atoms with Crippen LogP contribution in [0.3, 0.4) is 0 Å². The molecule has 184 valence electrons. The summed E-state index contributed by atoms with van der Waals surface area (Å²) in [4.78, 5) is 27.2. The van der Waals surface area contributed by atoms with E-state index in [1.807, 2.05) is 24.3 Å². The van der Waals surface area contributed by atoms with Crippen LogP contribution < -0.4 is 5.32 Å². The van der Waals surface area contributed by atoms with Crippen LogP contribution in [0, 0.1) is 0 Å². The fourth-order valence-corrected chi connectivity index (χ4v) is 4.09. The molecule has 0 atom stereocenters. The minimum atomic E-state index is -4.84. The second-order valence-corrected chi connectivity index (χ2v) is 8.18. The van der Waals surface area contributed by atoms with Gasteiger partial charge in [0.1, 0.15) is 5.56 Å². The lowest BCUT2D eigenvalue weighted by Gasteiger charge is -2.18. The number of benzene rings is 2. The van der Waals surface area contributed by atoms with Gasteiger partial charge in [0.05, 0.1) is 18.5 Å². The van der Waals surface area contributed by atoms with Crippen molar-refractivity contribution >= 4 is 17.6 Å². The molecule has 7 nitrogen and oxygen atoms in total. The molecule has 1 aromatic heterocycles. The molecule has 0 radical (unpaired) electrons. The van der Waals surface area contributed by atoms with Gasteiger partial charge in [0.25, 0.3) is 5.91 Å². The molecule has 0 unspecified atom stereocenters. The Morgan fingerprint density at radius 3 is 2.40 bits per heavy atom. The maximum atomic E-state index is 13.7. The molecule has 0 saturated carbocycles. The number of para-hydroxylation sites is 1. The summed E-state index contributed by atoms with van der Waals surface area (Å²) in [6.07, 6.45) is -1.69. The molecular weight excluding hydrogens is 461 g/mol. The van der Waals surface area contributed by atoms with E-state index in [2.05, 4.69) is 15.3 Å². The van der Waals surface area contributed by atoms with Crippen molar-refractivity contribution in [3.05, 3.63) is 77.1 Å². The Kier molecular flexibility index (Phi) is 7.20. The van der Waals surface area contributed by atoms with Crippen LogP contribution in [0.4, 0.5) is 18.9 Å². The molecule has 1 saturated heterocycles. The van der Waals surface area contributed by atoms with Gasteiger partial charge in [0, 0.05) is 17.8 Å². The Balaban J connectivity index is 1.54. The Labute approximate surface area is 200 Å². The van der Waals surface area contributed by atoms with E-state index < -0.39 is 23.4 Å². The predicted octanol–water partition coefficient (Wildman–Crippen LogP) is 4.92. The molecule has 10 heteroatoms. The van der Waals surface area contributed by atoms with E-state index >= 15 is 0 Å². The number of hydrogen-bond acceptors (Lipinski definition) is 5. The fraction of sp³-hybridized carbons (Fsp3) is 0.320. The summed E-state index contributed by atoms with van der Waals surface area (Å²) in [7, 11) is 0. The van der Waals surface area contributed by atoms with E-state index in [1.54, 1.807) is 0 Å². The topological polar surface area (TPSA) is 76.5 Å². The number of halogens is 3. The van der Waals surface area contributed by atoms with Crippen molar-refractivity contribution in [3.63, 3.8) is 0 Å². The molecule has 1 N–H and O–H groups in total. The zero-order valence-corrected chi connectivity index (χ0v) is 19.1. The van der Waals surface area contributed by atoms with Crippen LogP contribution in [0.15, 0.2) is 54.7 Å². The largest absolute Gasteiger partial charge is 0.462 e. The molecule has 4 rings (SSSR count). The Bertz CT molecular complexity index is 1200. The number of alkyl halides is 3. The van der Waals surface area contributed by atoms with Crippen LogP contribution in [0.25, 0.3) is 5.69 Å². The molecule has 35 heavy (non-hydrogen) atoms. The smallest absolute Gasteiger partial charge is 0.434 e. The van der Waals surface area contributed by atoms with Crippen LogP contribution >= 0.6 is 0 Å². The monoisotopic (exact) mass is 486 g/mol. The van der Waals surface area contributed by atoms with Crippen molar-refractivity contribution in [1.29, 1.82) is 0 Å². The van der Waals surface area contributed by atoms with Gasteiger partial charge in [-0.2, -0.15) is 18.3 Å². The average molecular weight is 486 g/mol. The summed E-state index contributed by atoms with van der Waals surface area (Å²) in [5.74, 6) is -1.48. The molecule has 0 spiro atoms. The van der Waals surface area contributed by atoms with Gasteiger partial charge in [0.2, 0.25) is 0 Å². The number of carbonyl (C=O) groups is 2. The molecule has 0 aliphatic carbocycles. The molecule has 1 aliphatic rings. The predicted molar refractivity (Wildman–Crippen MR) is 123 cm³/mol. The number of likely N-dealkylation sites (tertiary alicyclic amines) is 1. The number of aromatic nitrogens is 2. The van der Waals surface area contributed by atoms with Crippen LogP contribution in [0.2, 0.25) is 0 Å². The molecule has 2 heterocycles. The van der Waals surface area contributed by atoms with Crippen LogP contribution in [-0.2, 0) is 17.5 Å². The molecule has 1 aliphatic heterocycles. The van der Waals surface area contributed by atoms with Gasteiger partial charge in [-0.15, -0.1) is 0 Å². The lowest BCUT2D eigenvalue weighted by atomic mass is 10.1. The number of hydrogen-bond donors (Lipinski definition) is 1. The number of nitrogens with one attached hydrogen (secondary N) is 1. The van der Waals surface area contributed by atoms with Crippen molar-refractivity contribution in [2.24, 2.45) is 0 Å². The number of rotatable bonds is 7. The number of anilines is 1. The van der Waals surface area contributed by atoms with Crippen molar-refractivity contribution in [3.8, 4) is 5.69 Å². The first-order chi connectivity index (χ1) is 16.8. The SMILES string of the molecule is CCOC(=O)c1cnn(-c2ccc(C(=O)Nc3ccccc3CN3CCCC3)cc2)c1C(F)(F)F. The summed E-state index contributed by atoms with van der Waals surface area (Å²) in [6, 6.07) is 13.1. The van der Waals surface area contributed by atoms with E-state index in [0.29, 0.717) is 10.4 Å². The van der Waals surface area contributed by atoms with E-state index in [9.17, 15) is 22.8 Å².